The van der Waals surface area contributed by atoms with E-state index in [0.717, 1.165) is 22.4 Å². The molecule has 0 atom stereocenters. The molecule has 0 bridgehead atoms. The normalized spacial score (nSPS) is 10.8. The van der Waals surface area contributed by atoms with Gasteiger partial charge in [-0.3, -0.25) is 4.79 Å². The minimum absolute atomic E-state index is 0.0922. The van der Waals surface area contributed by atoms with Crippen LogP contribution >= 0.6 is 0 Å². The molecule has 0 saturated heterocycles. The van der Waals surface area contributed by atoms with Gasteiger partial charge in [-0.25, -0.2) is 0 Å². The minimum atomic E-state index is -0.0922. The van der Waals surface area contributed by atoms with Crippen molar-refractivity contribution in [3.8, 4) is 5.75 Å². The number of rotatable bonds is 5. The largest absolute Gasteiger partial charge is 0.497 e. The van der Waals surface area contributed by atoms with Gasteiger partial charge in [-0.2, -0.15) is 0 Å². The minimum Gasteiger partial charge on any atom is -0.497 e. The number of amides is 1. The SMILES string of the molecule is COc1ccc2c(c1)c(C(=O)NCCc1ccco1)cn2C. The van der Waals surface area contributed by atoms with Crippen LogP contribution in [0.1, 0.15) is 16.1 Å². The van der Waals surface area contributed by atoms with Gasteiger partial charge in [0.15, 0.2) is 0 Å². The van der Waals surface area contributed by atoms with Crippen LogP contribution in [0.5, 0.6) is 5.75 Å². The summed E-state index contributed by atoms with van der Waals surface area (Å²) in [6.07, 6.45) is 4.15. The van der Waals surface area contributed by atoms with E-state index in [1.807, 2.05) is 48.1 Å². The zero-order valence-electron chi connectivity index (χ0n) is 12.6. The number of nitrogens with one attached hydrogen (secondary N) is 1. The summed E-state index contributed by atoms with van der Waals surface area (Å²) in [5.74, 6) is 1.51. The summed E-state index contributed by atoms with van der Waals surface area (Å²) >= 11 is 0. The predicted molar refractivity (Wildman–Crippen MR) is 84.2 cm³/mol. The van der Waals surface area contributed by atoms with Crippen LogP contribution in [0.3, 0.4) is 0 Å². The molecule has 5 nitrogen and oxygen atoms in total. The monoisotopic (exact) mass is 298 g/mol. The van der Waals surface area contributed by atoms with Crippen molar-refractivity contribution in [2.45, 2.75) is 6.42 Å². The zero-order valence-corrected chi connectivity index (χ0v) is 12.6. The quantitative estimate of drug-likeness (QED) is 0.788. The molecule has 114 valence electrons. The lowest BCUT2D eigenvalue weighted by Gasteiger charge is -2.04. The maximum atomic E-state index is 12.4. The highest BCUT2D eigenvalue weighted by Crippen LogP contribution is 2.25. The predicted octanol–water partition coefficient (Wildman–Crippen LogP) is 2.75. The molecule has 0 fully saturated rings. The van der Waals surface area contributed by atoms with Crippen LogP contribution in [-0.4, -0.2) is 24.1 Å². The maximum absolute atomic E-state index is 12.4. The summed E-state index contributed by atoms with van der Waals surface area (Å²) < 4.78 is 12.4. The molecule has 0 radical (unpaired) electrons. The molecule has 0 aliphatic rings. The lowest BCUT2D eigenvalue weighted by Crippen LogP contribution is -2.25. The molecule has 1 amide bonds. The van der Waals surface area contributed by atoms with E-state index in [9.17, 15) is 4.79 Å². The third-order valence-electron chi connectivity index (χ3n) is 3.68. The Morgan fingerprint density at radius 1 is 1.36 bits per heavy atom. The summed E-state index contributed by atoms with van der Waals surface area (Å²) in [6.45, 7) is 0.534. The number of aryl methyl sites for hydroxylation is 1. The lowest BCUT2D eigenvalue weighted by molar-refractivity contribution is 0.0955. The number of ether oxygens (including phenoxy) is 1. The fraction of sp³-hybridized carbons (Fsp3) is 0.235. The molecular weight excluding hydrogens is 280 g/mol. The molecule has 1 N–H and O–H groups in total. The van der Waals surface area contributed by atoms with Crippen molar-refractivity contribution < 1.29 is 13.9 Å². The van der Waals surface area contributed by atoms with Gasteiger partial charge in [0.2, 0.25) is 0 Å². The first-order chi connectivity index (χ1) is 10.7. The number of nitrogens with zero attached hydrogens (tertiary/aromatic N) is 1. The summed E-state index contributed by atoms with van der Waals surface area (Å²) in [5, 5.41) is 3.81. The van der Waals surface area contributed by atoms with Crippen molar-refractivity contribution in [3.63, 3.8) is 0 Å². The van der Waals surface area contributed by atoms with Crippen molar-refractivity contribution in [2.75, 3.05) is 13.7 Å². The van der Waals surface area contributed by atoms with Crippen LogP contribution in [0.25, 0.3) is 10.9 Å². The maximum Gasteiger partial charge on any atom is 0.253 e. The number of fused-ring (bicyclic) bond motifs is 1. The Labute approximate surface area is 128 Å². The van der Waals surface area contributed by atoms with Gasteiger partial charge >= 0.3 is 0 Å². The molecule has 3 aromatic rings. The van der Waals surface area contributed by atoms with Gasteiger partial charge in [0.05, 0.1) is 18.9 Å². The first-order valence-electron chi connectivity index (χ1n) is 7.12. The highest BCUT2D eigenvalue weighted by molar-refractivity contribution is 6.07. The number of furan rings is 1. The Balaban J connectivity index is 1.78. The molecule has 2 aromatic heterocycles. The van der Waals surface area contributed by atoms with E-state index < -0.39 is 0 Å². The fourth-order valence-corrected chi connectivity index (χ4v) is 2.53. The molecular formula is C17H18N2O3. The third kappa shape index (κ3) is 2.70. The first kappa shape index (κ1) is 14.3. The van der Waals surface area contributed by atoms with E-state index in [-0.39, 0.29) is 5.91 Å². The van der Waals surface area contributed by atoms with Crippen LogP contribution < -0.4 is 10.1 Å². The van der Waals surface area contributed by atoms with E-state index in [2.05, 4.69) is 5.32 Å². The second-order valence-electron chi connectivity index (χ2n) is 5.12. The standard InChI is InChI=1S/C17H18N2O3/c1-19-11-15(14-10-13(21-2)5-6-16(14)19)17(20)18-8-7-12-4-3-9-22-12/h3-6,9-11H,7-8H2,1-2H3,(H,18,20). The fourth-order valence-electron chi connectivity index (χ4n) is 2.53. The van der Waals surface area contributed by atoms with Gasteiger partial charge in [0, 0.05) is 37.1 Å². The molecule has 0 aliphatic carbocycles. The van der Waals surface area contributed by atoms with Gasteiger partial charge < -0.3 is 19.0 Å². The van der Waals surface area contributed by atoms with Crippen molar-refractivity contribution >= 4 is 16.8 Å². The topological polar surface area (TPSA) is 56.4 Å². The van der Waals surface area contributed by atoms with Gasteiger partial charge in [-0.1, -0.05) is 0 Å². The number of aromatic nitrogens is 1. The van der Waals surface area contributed by atoms with Gasteiger partial charge in [-0.05, 0) is 30.3 Å². The average molecular weight is 298 g/mol. The van der Waals surface area contributed by atoms with E-state index >= 15 is 0 Å². The van der Waals surface area contributed by atoms with Gasteiger partial charge in [0.25, 0.3) is 5.91 Å². The Kier molecular flexibility index (Phi) is 3.87. The van der Waals surface area contributed by atoms with Crippen LogP contribution in [0.2, 0.25) is 0 Å². The zero-order chi connectivity index (χ0) is 15.5. The molecule has 0 spiro atoms. The molecule has 0 unspecified atom stereocenters. The molecule has 1 aromatic carbocycles. The summed E-state index contributed by atoms with van der Waals surface area (Å²) in [7, 11) is 3.54. The van der Waals surface area contributed by atoms with Gasteiger partial charge in [0.1, 0.15) is 11.5 Å². The second kappa shape index (κ2) is 5.97. The van der Waals surface area contributed by atoms with Crippen LogP contribution in [-0.2, 0) is 13.5 Å². The second-order valence-corrected chi connectivity index (χ2v) is 5.12. The van der Waals surface area contributed by atoms with Crippen molar-refractivity contribution in [2.24, 2.45) is 7.05 Å². The number of methoxy groups -OCH3 is 1. The number of hydrogen-bond donors (Lipinski definition) is 1. The molecule has 2 heterocycles. The van der Waals surface area contributed by atoms with E-state index in [1.54, 1.807) is 13.4 Å². The Hall–Kier alpha value is -2.69. The van der Waals surface area contributed by atoms with Crippen molar-refractivity contribution in [3.05, 3.63) is 54.1 Å². The van der Waals surface area contributed by atoms with Crippen LogP contribution in [0, 0.1) is 0 Å². The number of hydrogen-bond acceptors (Lipinski definition) is 3. The highest BCUT2D eigenvalue weighted by atomic mass is 16.5. The van der Waals surface area contributed by atoms with Crippen LogP contribution in [0.15, 0.2) is 47.2 Å². The van der Waals surface area contributed by atoms with E-state index in [1.165, 1.54) is 0 Å². The molecule has 3 rings (SSSR count). The average Bonchev–Trinajstić information content (AvgIpc) is 3.15. The number of carbonyl (C=O) groups excluding carboxylic acids is 1. The van der Waals surface area contributed by atoms with Crippen molar-refractivity contribution in [1.29, 1.82) is 0 Å². The smallest absolute Gasteiger partial charge is 0.253 e. The molecule has 22 heavy (non-hydrogen) atoms. The van der Waals surface area contributed by atoms with Crippen LogP contribution in [0.4, 0.5) is 0 Å². The van der Waals surface area contributed by atoms with E-state index in [0.29, 0.717) is 18.5 Å². The third-order valence-corrected chi connectivity index (χ3v) is 3.68. The summed E-state index contributed by atoms with van der Waals surface area (Å²) in [6, 6.07) is 9.47. The number of carbonyl (C=O) groups is 1. The lowest BCUT2D eigenvalue weighted by atomic mass is 10.1. The molecule has 0 aliphatic heterocycles. The van der Waals surface area contributed by atoms with Crippen molar-refractivity contribution in [1.82, 2.24) is 9.88 Å². The van der Waals surface area contributed by atoms with Gasteiger partial charge in [-0.15, -0.1) is 0 Å². The molecule has 0 saturated carbocycles. The first-order valence-corrected chi connectivity index (χ1v) is 7.12. The molecule has 5 heteroatoms. The highest BCUT2D eigenvalue weighted by Gasteiger charge is 2.14. The number of benzene rings is 1. The summed E-state index contributed by atoms with van der Waals surface area (Å²) in [5.41, 5.74) is 1.65. The Morgan fingerprint density at radius 3 is 2.95 bits per heavy atom. The Bertz CT molecular complexity index is 788. The Morgan fingerprint density at radius 2 is 2.23 bits per heavy atom. The van der Waals surface area contributed by atoms with E-state index in [4.69, 9.17) is 9.15 Å². The summed E-state index contributed by atoms with van der Waals surface area (Å²) in [4.78, 5) is 12.4.